The van der Waals surface area contributed by atoms with Crippen LogP contribution in [0.15, 0.2) is 24.3 Å². The predicted octanol–water partition coefficient (Wildman–Crippen LogP) is 2.71. The fourth-order valence-corrected chi connectivity index (χ4v) is 1.74. The van der Waals surface area contributed by atoms with Crippen LogP contribution in [-0.2, 0) is 9.53 Å². The Bertz CT molecular complexity index is 404. The van der Waals surface area contributed by atoms with E-state index in [2.05, 4.69) is 0 Å². The Morgan fingerprint density at radius 1 is 1.32 bits per heavy atom. The summed E-state index contributed by atoms with van der Waals surface area (Å²) in [6.07, 6.45) is 0. The SMILES string of the molecule is CCOc1ccc([C@H](N)C(C)(C)C(=O)OC)cc1.Cl. The number of ether oxygens (including phenoxy) is 2. The van der Waals surface area contributed by atoms with Gasteiger partial charge in [0.1, 0.15) is 5.75 Å². The number of hydrogen-bond donors (Lipinski definition) is 1. The Kier molecular flexibility index (Phi) is 6.87. The first-order valence-corrected chi connectivity index (χ1v) is 6.00. The molecule has 19 heavy (non-hydrogen) atoms. The van der Waals surface area contributed by atoms with E-state index in [0.717, 1.165) is 11.3 Å². The molecule has 2 N–H and O–H groups in total. The summed E-state index contributed by atoms with van der Waals surface area (Å²) in [5.74, 6) is 0.480. The molecule has 1 aromatic rings. The zero-order chi connectivity index (χ0) is 13.8. The molecule has 4 nitrogen and oxygen atoms in total. The van der Waals surface area contributed by atoms with Crippen molar-refractivity contribution in [1.82, 2.24) is 0 Å². The molecule has 1 rings (SSSR count). The molecule has 1 atom stereocenters. The molecule has 0 amide bonds. The standard InChI is InChI=1S/C14H21NO3.ClH/c1-5-18-11-8-6-10(7-9-11)12(15)14(2,3)13(16)17-4;/h6-9,12H,5,15H2,1-4H3;1H/t12-;/m0./s1. The lowest BCUT2D eigenvalue weighted by molar-refractivity contribution is -0.152. The van der Waals surface area contributed by atoms with Gasteiger partial charge in [0.2, 0.25) is 0 Å². The minimum Gasteiger partial charge on any atom is -0.494 e. The van der Waals surface area contributed by atoms with Gasteiger partial charge < -0.3 is 15.2 Å². The van der Waals surface area contributed by atoms with Crippen LogP contribution >= 0.6 is 12.4 Å². The van der Waals surface area contributed by atoms with Gasteiger partial charge in [-0.2, -0.15) is 0 Å². The molecule has 0 bridgehead atoms. The summed E-state index contributed by atoms with van der Waals surface area (Å²) < 4.78 is 10.1. The zero-order valence-corrected chi connectivity index (χ0v) is 12.6. The van der Waals surface area contributed by atoms with Crippen LogP contribution in [0.25, 0.3) is 0 Å². The number of hydrogen-bond acceptors (Lipinski definition) is 4. The van der Waals surface area contributed by atoms with E-state index < -0.39 is 11.5 Å². The summed E-state index contributed by atoms with van der Waals surface area (Å²) in [5, 5.41) is 0. The van der Waals surface area contributed by atoms with E-state index in [1.807, 2.05) is 31.2 Å². The van der Waals surface area contributed by atoms with Gasteiger partial charge in [-0.25, -0.2) is 0 Å². The smallest absolute Gasteiger partial charge is 0.313 e. The van der Waals surface area contributed by atoms with Crippen molar-refractivity contribution in [3.63, 3.8) is 0 Å². The van der Waals surface area contributed by atoms with Gasteiger partial charge in [0, 0.05) is 6.04 Å². The van der Waals surface area contributed by atoms with Gasteiger partial charge in [0.05, 0.1) is 19.1 Å². The molecule has 0 spiro atoms. The number of benzene rings is 1. The quantitative estimate of drug-likeness (QED) is 0.846. The first-order valence-electron chi connectivity index (χ1n) is 6.00. The first-order chi connectivity index (χ1) is 8.43. The molecule has 0 heterocycles. The van der Waals surface area contributed by atoms with Gasteiger partial charge in [-0.15, -0.1) is 12.4 Å². The normalized spacial score (nSPS) is 12.3. The van der Waals surface area contributed by atoms with Crippen molar-refractivity contribution in [2.45, 2.75) is 26.8 Å². The number of nitrogens with two attached hydrogens (primary N) is 1. The van der Waals surface area contributed by atoms with Crippen molar-refractivity contribution in [3.05, 3.63) is 29.8 Å². The molecule has 0 aromatic heterocycles. The van der Waals surface area contributed by atoms with E-state index in [0.29, 0.717) is 6.61 Å². The Morgan fingerprint density at radius 2 is 1.84 bits per heavy atom. The lowest BCUT2D eigenvalue weighted by Crippen LogP contribution is -2.37. The number of carbonyl (C=O) groups excluding carboxylic acids is 1. The van der Waals surface area contributed by atoms with Crippen molar-refractivity contribution in [2.75, 3.05) is 13.7 Å². The van der Waals surface area contributed by atoms with E-state index in [-0.39, 0.29) is 18.4 Å². The maximum absolute atomic E-state index is 11.7. The third-order valence-corrected chi connectivity index (χ3v) is 3.04. The number of methoxy groups -OCH3 is 1. The summed E-state index contributed by atoms with van der Waals surface area (Å²) >= 11 is 0. The lowest BCUT2D eigenvalue weighted by Gasteiger charge is -2.29. The summed E-state index contributed by atoms with van der Waals surface area (Å²) in [4.78, 5) is 11.7. The second kappa shape index (κ2) is 7.36. The highest BCUT2D eigenvalue weighted by atomic mass is 35.5. The highest BCUT2D eigenvalue weighted by Crippen LogP contribution is 2.33. The first kappa shape index (κ1) is 17.7. The van der Waals surface area contributed by atoms with E-state index in [9.17, 15) is 4.79 Å². The maximum Gasteiger partial charge on any atom is 0.313 e. The molecule has 1 aromatic carbocycles. The van der Waals surface area contributed by atoms with Crippen LogP contribution in [0.4, 0.5) is 0 Å². The predicted molar refractivity (Wildman–Crippen MR) is 77.6 cm³/mol. The van der Waals surface area contributed by atoms with Crippen molar-refractivity contribution in [2.24, 2.45) is 11.1 Å². The summed E-state index contributed by atoms with van der Waals surface area (Å²) in [6, 6.07) is 7.04. The van der Waals surface area contributed by atoms with Gasteiger partial charge in [0.25, 0.3) is 0 Å². The second-order valence-corrected chi connectivity index (χ2v) is 4.69. The molecule has 0 unspecified atom stereocenters. The van der Waals surface area contributed by atoms with Crippen LogP contribution in [0, 0.1) is 5.41 Å². The molecular formula is C14H22ClNO3. The number of rotatable bonds is 5. The fourth-order valence-electron chi connectivity index (χ4n) is 1.74. The van der Waals surface area contributed by atoms with Crippen LogP contribution in [0.2, 0.25) is 0 Å². The summed E-state index contributed by atoms with van der Waals surface area (Å²) in [5.41, 5.74) is 6.25. The van der Waals surface area contributed by atoms with Crippen molar-refractivity contribution >= 4 is 18.4 Å². The Labute approximate surface area is 120 Å². The third kappa shape index (κ3) is 4.11. The van der Waals surface area contributed by atoms with Crippen molar-refractivity contribution in [3.8, 4) is 5.75 Å². The monoisotopic (exact) mass is 287 g/mol. The largest absolute Gasteiger partial charge is 0.494 e. The molecule has 0 radical (unpaired) electrons. The van der Waals surface area contributed by atoms with Crippen LogP contribution in [-0.4, -0.2) is 19.7 Å². The van der Waals surface area contributed by atoms with Crippen LogP contribution in [0.1, 0.15) is 32.4 Å². The Hall–Kier alpha value is -1.26. The molecule has 0 aliphatic carbocycles. The second-order valence-electron chi connectivity index (χ2n) is 4.69. The van der Waals surface area contributed by atoms with Crippen LogP contribution in [0.3, 0.4) is 0 Å². The maximum atomic E-state index is 11.7. The average molecular weight is 288 g/mol. The van der Waals surface area contributed by atoms with Gasteiger partial charge >= 0.3 is 5.97 Å². The number of carbonyl (C=O) groups is 1. The van der Waals surface area contributed by atoms with Crippen molar-refractivity contribution in [1.29, 1.82) is 0 Å². The Morgan fingerprint density at radius 3 is 2.26 bits per heavy atom. The Balaban J connectivity index is 0.00000324. The minimum atomic E-state index is -0.762. The third-order valence-electron chi connectivity index (χ3n) is 3.04. The van der Waals surface area contributed by atoms with Gasteiger partial charge in [-0.1, -0.05) is 12.1 Å². The van der Waals surface area contributed by atoms with E-state index in [4.69, 9.17) is 15.2 Å². The van der Waals surface area contributed by atoms with Gasteiger partial charge in [0.15, 0.2) is 0 Å². The highest BCUT2D eigenvalue weighted by molar-refractivity contribution is 5.85. The summed E-state index contributed by atoms with van der Waals surface area (Å²) in [7, 11) is 1.37. The van der Waals surface area contributed by atoms with E-state index >= 15 is 0 Å². The molecule has 0 saturated heterocycles. The molecule has 0 aliphatic rings. The molecule has 108 valence electrons. The van der Waals surface area contributed by atoms with E-state index in [1.54, 1.807) is 13.8 Å². The molecule has 0 fully saturated rings. The van der Waals surface area contributed by atoms with Crippen molar-refractivity contribution < 1.29 is 14.3 Å². The minimum absolute atomic E-state index is 0. The fraction of sp³-hybridized carbons (Fsp3) is 0.500. The summed E-state index contributed by atoms with van der Waals surface area (Å²) in [6.45, 7) is 6.11. The average Bonchev–Trinajstić information content (AvgIpc) is 2.38. The lowest BCUT2D eigenvalue weighted by atomic mass is 9.81. The van der Waals surface area contributed by atoms with E-state index in [1.165, 1.54) is 7.11 Å². The molecular weight excluding hydrogens is 266 g/mol. The molecule has 0 aliphatic heterocycles. The molecule has 0 saturated carbocycles. The van der Waals surface area contributed by atoms with Crippen LogP contribution in [0.5, 0.6) is 5.75 Å². The van der Waals surface area contributed by atoms with Gasteiger partial charge in [-0.05, 0) is 38.5 Å². The highest BCUT2D eigenvalue weighted by Gasteiger charge is 2.36. The number of esters is 1. The molecule has 5 heteroatoms. The zero-order valence-electron chi connectivity index (χ0n) is 11.8. The number of halogens is 1. The topological polar surface area (TPSA) is 61.5 Å². The van der Waals surface area contributed by atoms with Gasteiger partial charge in [-0.3, -0.25) is 4.79 Å². The van der Waals surface area contributed by atoms with Crippen LogP contribution < -0.4 is 10.5 Å².